The molecule has 108 valence electrons. The Morgan fingerprint density at radius 1 is 1.38 bits per heavy atom. The first-order chi connectivity index (χ1) is 10.1. The molecule has 0 atom stereocenters. The Morgan fingerprint density at radius 2 is 2.19 bits per heavy atom. The molecule has 0 spiro atoms. The second-order valence-corrected chi connectivity index (χ2v) is 6.13. The molecule has 4 nitrogen and oxygen atoms in total. The molecule has 0 saturated carbocycles. The molecule has 21 heavy (non-hydrogen) atoms. The Balaban J connectivity index is 1.88. The number of hydrogen-bond donors (Lipinski definition) is 1. The van der Waals surface area contributed by atoms with Crippen LogP contribution >= 0.6 is 11.3 Å². The minimum atomic E-state index is -0.0309. The summed E-state index contributed by atoms with van der Waals surface area (Å²) in [7, 11) is 0. The number of thiazole rings is 1. The maximum Gasteiger partial charge on any atom is 0.230 e. The lowest BCUT2D eigenvalue weighted by molar-refractivity contribution is -0.115. The second-order valence-electron chi connectivity index (χ2n) is 5.23. The molecule has 3 aromatic rings. The summed E-state index contributed by atoms with van der Waals surface area (Å²) in [6.45, 7) is 4.29. The summed E-state index contributed by atoms with van der Waals surface area (Å²) in [5, 5.41) is 6.47. The van der Waals surface area contributed by atoms with Crippen molar-refractivity contribution >= 4 is 33.3 Å². The van der Waals surface area contributed by atoms with Gasteiger partial charge in [0.25, 0.3) is 0 Å². The van der Waals surface area contributed by atoms with Crippen molar-refractivity contribution in [3.63, 3.8) is 0 Å². The molecular weight excluding hydrogens is 282 g/mol. The zero-order chi connectivity index (χ0) is 14.8. The van der Waals surface area contributed by atoms with E-state index in [9.17, 15) is 4.79 Å². The van der Waals surface area contributed by atoms with Gasteiger partial charge in [0.05, 0.1) is 6.42 Å². The number of amides is 1. The summed E-state index contributed by atoms with van der Waals surface area (Å²) in [5.74, 6) is -0.0309. The Kier molecular flexibility index (Phi) is 3.75. The fraction of sp³-hybridized carbons (Fsp3) is 0.250. The largest absolute Gasteiger partial charge is 0.345 e. The van der Waals surface area contributed by atoms with E-state index in [4.69, 9.17) is 0 Å². The molecular formula is C16H17N3OS. The number of rotatable bonds is 4. The van der Waals surface area contributed by atoms with Gasteiger partial charge in [0.2, 0.25) is 5.91 Å². The first-order valence-corrected chi connectivity index (χ1v) is 7.81. The minimum Gasteiger partial charge on any atom is -0.345 e. The van der Waals surface area contributed by atoms with Gasteiger partial charge in [0.1, 0.15) is 0 Å². The lowest BCUT2D eigenvalue weighted by Crippen LogP contribution is -2.14. The van der Waals surface area contributed by atoms with E-state index in [-0.39, 0.29) is 5.91 Å². The maximum atomic E-state index is 12.1. The number of benzene rings is 1. The monoisotopic (exact) mass is 299 g/mol. The Hall–Kier alpha value is -2.14. The highest BCUT2D eigenvalue weighted by molar-refractivity contribution is 7.13. The van der Waals surface area contributed by atoms with Crippen molar-refractivity contribution in [2.75, 3.05) is 5.32 Å². The van der Waals surface area contributed by atoms with E-state index in [1.54, 1.807) is 6.20 Å². The number of carbonyl (C=O) groups excluding carboxylic acids is 1. The average Bonchev–Trinajstić information content (AvgIpc) is 3.07. The SMILES string of the molecule is CC(C)n1cc(CC(=O)Nc2nccs2)c2ccccc21. The number of para-hydroxylation sites is 1. The molecule has 0 bridgehead atoms. The van der Waals surface area contributed by atoms with Crippen LogP contribution in [0.1, 0.15) is 25.5 Å². The molecule has 0 aliphatic rings. The first-order valence-electron chi connectivity index (χ1n) is 6.93. The Labute approximate surface area is 127 Å². The molecule has 2 aromatic heterocycles. The van der Waals surface area contributed by atoms with Crippen LogP contribution in [0.15, 0.2) is 42.0 Å². The molecule has 0 unspecified atom stereocenters. The van der Waals surface area contributed by atoms with Gasteiger partial charge in [-0.3, -0.25) is 4.79 Å². The van der Waals surface area contributed by atoms with Gasteiger partial charge in [-0.15, -0.1) is 11.3 Å². The van der Waals surface area contributed by atoms with Crippen molar-refractivity contribution < 1.29 is 4.79 Å². The quantitative estimate of drug-likeness (QED) is 0.795. The Morgan fingerprint density at radius 3 is 2.90 bits per heavy atom. The smallest absolute Gasteiger partial charge is 0.230 e. The van der Waals surface area contributed by atoms with Crippen molar-refractivity contribution in [2.24, 2.45) is 0 Å². The van der Waals surface area contributed by atoms with Crippen LogP contribution in [0.5, 0.6) is 0 Å². The highest BCUT2D eigenvalue weighted by Gasteiger charge is 2.13. The number of nitrogens with one attached hydrogen (secondary N) is 1. The fourth-order valence-corrected chi connectivity index (χ4v) is 3.01. The van der Waals surface area contributed by atoms with Crippen molar-refractivity contribution in [2.45, 2.75) is 26.3 Å². The van der Waals surface area contributed by atoms with E-state index in [1.165, 1.54) is 16.9 Å². The van der Waals surface area contributed by atoms with Gasteiger partial charge < -0.3 is 9.88 Å². The molecule has 0 saturated heterocycles. The second kappa shape index (κ2) is 5.69. The van der Waals surface area contributed by atoms with Gasteiger partial charge in [0, 0.05) is 34.7 Å². The molecule has 1 amide bonds. The maximum absolute atomic E-state index is 12.1. The van der Waals surface area contributed by atoms with E-state index >= 15 is 0 Å². The fourth-order valence-electron chi connectivity index (χ4n) is 2.47. The molecule has 0 aliphatic carbocycles. The number of anilines is 1. The van der Waals surface area contributed by atoms with E-state index in [2.05, 4.69) is 47.0 Å². The van der Waals surface area contributed by atoms with Crippen LogP contribution in [-0.4, -0.2) is 15.5 Å². The third kappa shape index (κ3) is 2.83. The molecule has 1 aromatic carbocycles. The van der Waals surface area contributed by atoms with Crippen molar-refractivity contribution in [1.82, 2.24) is 9.55 Å². The van der Waals surface area contributed by atoms with Gasteiger partial charge in [-0.05, 0) is 25.5 Å². The van der Waals surface area contributed by atoms with Crippen LogP contribution in [0.3, 0.4) is 0 Å². The molecule has 5 heteroatoms. The average molecular weight is 299 g/mol. The number of fused-ring (bicyclic) bond motifs is 1. The summed E-state index contributed by atoms with van der Waals surface area (Å²) in [6, 6.07) is 8.57. The standard InChI is InChI=1S/C16H17N3OS/c1-11(2)19-10-12(13-5-3-4-6-14(13)19)9-15(20)18-16-17-7-8-21-16/h3-8,10-11H,9H2,1-2H3,(H,17,18,20). The minimum absolute atomic E-state index is 0.0309. The first kappa shape index (κ1) is 13.8. The van der Waals surface area contributed by atoms with Gasteiger partial charge in [-0.1, -0.05) is 18.2 Å². The predicted molar refractivity (Wildman–Crippen MR) is 86.8 cm³/mol. The van der Waals surface area contributed by atoms with Crippen molar-refractivity contribution in [3.05, 3.63) is 47.6 Å². The molecule has 0 fully saturated rings. The summed E-state index contributed by atoms with van der Waals surface area (Å²) >= 11 is 1.43. The number of aromatic nitrogens is 2. The highest BCUT2D eigenvalue weighted by Crippen LogP contribution is 2.25. The summed E-state index contributed by atoms with van der Waals surface area (Å²) in [6.07, 6.45) is 4.13. The number of hydrogen-bond acceptors (Lipinski definition) is 3. The molecule has 1 N–H and O–H groups in total. The topological polar surface area (TPSA) is 46.9 Å². The third-order valence-corrected chi connectivity index (χ3v) is 4.10. The number of nitrogens with zero attached hydrogens (tertiary/aromatic N) is 2. The summed E-state index contributed by atoms with van der Waals surface area (Å²) in [5.41, 5.74) is 2.22. The highest BCUT2D eigenvalue weighted by atomic mass is 32.1. The molecule has 0 aliphatic heterocycles. The van der Waals surface area contributed by atoms with Gasteiger partial charge >= 0.3 is 0 Å². The lowest BCUT2D eigenvalue weighted by Gasteiger charge is -2.08. The van der Waals surface area contributed by atoms with Crippen LogP contribution in [0, 0.1) is 0 Å². The van der Waals surface area contributed by atoms with Crippen LogP contribution in [0.2, 0.25) is 0 Å². The van der Waals surface area contributed by atoms with E-state index in [0.717, 1.165) is 10.9 Å². The van der Waals surface area contributed by atoms with Gasteiger partial charge in [-0.25, -0.2) is 4.98 Å². The summed E-state index contributed by atoms with van der Waals surface area (Å²) < 4.78 is 2.21. The molecule has 0 radical (unpaired) electrons. The number of carbonyl (C=O) groups is 1. The van der Waals surface area contributed by atoms with Gasteiger partial charge in [-0.2, -0.15) is 0 Å². The molecule has 2 heterocycles. The zero-order valence-electron chi connectivity index (χ0n) is 12.0. The van der Waals surface area contributed by atoms with E-state index in [1.807, 2.05) is 17.5 Å². The normalized spacial score (nSPS) is 11.2. The summed E-state index contributed by atoms with van der Waals surface area (Å²) in [4.78, 5) is 16.2. The lowest BCUT2D eigenvalue weighted by atomic mass is 10.1. The van der Waals surface area contributed by atoms with Crippen LogP contribution in [0.4, 0.5) is 5.13 Å². The van der Waals surface area contributed by atoms with Crippen LogP contribution in [-0.2, 0) is 11.2 Å². The van der Waals surface area contributed by atoms with Crippen LogP contribution < -0.4 is 5.32 Å². The zero-order valence-corrected chi connectivity index (χ0v) is 12.9. The van der Waals surface area contributed by atoms with Crippen LogP contribution in [0.25, 0.3) is 10.9 Å². The van der Waals surface area contributed by atoms with E-state index < -0.39 is 0 Å². The van der Waals surface area contributed by atoms with Crippen molar-refractivity contribution in [3.8, 4) is 0 Å². The van der Waals surface area contributed by atoms with E-state index in [0.29, 0.717) is 17.6 Å². The molecule has 3 rings (SSSR count). The third-order valence-electron chi connectivity index (χ3n) is 3.41. The predicted octanol–water partition coefficient (Wildman–Crippen LogP) is 3.86. The van der Waals surface area contributed by atoms with Crippen molar-refractivity contribution in [1.29, 1.82) is 0 Å². The van der Waals surface area contributed by atoms with Gasteiger partial charge in [0.15, 0.2) is 5.13 Å². The Bertz CT molecular complexity index is 759.